The zero-order valence-corrected chi connectivity index (χ0v) is 16.4. The Kier molecular flexibility index (Phi) is 5.42. The van der Waals surface area contributed by atoms with Crippen LogP contribution >= 0.6 is 0 Å². The van der Waals surface area contributed by atoms with Crippen molar-refractivity contribution in [3.63, 3.8) is 0 Å². The molecule has 0 saturated heterocycles. The van der Waals surface area contributed by atoms with Crippen molar-refractivity contribution in [1.82, 2.24) is 9.88 Å². The summed E-state index contributed by atoms with van der Waals surface area (Å²) in [5.74, 6) is 1.40. The second-order valence-corrected chi connectivity index (χ2v) is 7.14. The average molecular weight is 389 g/mol. The van der Waals surface area contributed by atoms with Crippen LogP contribution in [-0.2, 0) is 16.0 Å². The Morgan fingerprint density at radius 1 is 1.28 bits per heavy atom. The van der Waals surface area contributed by atoms with Crippen LogP contribution in [0.15, 0.2) is 48.7 Å². The molecule has 0 aliphatic carbocycles. The molecule has 0 unspecified atom stereocenters. The molecule has 0 spiro atoms. The minimum Gasteiger partial charge on any atom is -0.496 e. The molecule has 2 aliphatic heterocycles. The van der Waals surface area contributed by atoms with Crippen LogP contribution in [0.5, 0.6) is 5.75 Å². The number of pyridine rings is 1. The van der Waals surface area contributed by atoms with Gasteiger partial charge in [-0.25, -0.2) is 4.98 Å². The van der Waals surface area contributed by atoms with Crippen molar-refractivity contribution in [2.45, 2.75) is 19.3 Å². The summed E-state index contributed by atoms with van der Waals surface area (Å²) < 4.78 is 5.46. The van der Waals surface area contributed by atoms with Gasteiger partial charge in [-0.2, -0.15) is 0 Å². The van der Waals surface area contributed by atoms with E-state index in [9.17, 15) is 9.59 Å². The van der Waals surface area contributed by atoms with Gasteiger partial charge in [0, 0.05) is 37.3 Å². The zero-order chi connectivity index (χ0) is 20.2. The van der Waals surface area contributed by atoms with E-state index in [-0.39, 0.29) is 11.8 Å². The Labute approximate surface area is 169 Å². The fraction of sp³-hybridized carbons (Fsp3) is 0.261. The Morgan fingerprint density at radius 2 is 2.14 bits per heavy atom. The number of nitrogens with zero attached hydrogens (tertiary/aromatic N) is 2. The van der Waals surface area contributed by atoms with Crippen molar-refractivity contribution in [3.8, 4) is 5.75 Å². The predicted octanol–water partition coefficient (Wildman–Crippen LogP) is 3.30. The highest BCUT2D eigenvalue weighted by atomic mass is 16.5. The number of hydrogen-bond acceptors (Lipinski definition) is 4. The van der Waals surface area contributed by atoms with Gasteiger partial charge in [0.2, 0.25) is 11.8 Å². The molecule has 0 saturated carbocycles. The maximum atomic E-state index is 12.7. The summed E-state index contributed by atoms with van der Waals surface area (Å²) in [6.07, 6.45) is 9.17. The van der Waals surface area contributed by atoms with E-state index in [1.165, 1.54) is 0 Å². The van der Waals surface area contributed by atoms with E-state index in [4.69, 9.17) is 4.74 Å². The molecule has 148 valence electrons. The largest absolute Gasteiger partial charge is 0.496 e. The van der Waals surface area contributed by atoms with Crippen molar-refractivity contribution in [1.29, 1.82) is 0 Å². The summed E-state index contributed by atoms with van der Waals surface area (Å²) in [5.41, 5.74) is 3.98. The molecule has 29 heavy (non-hydrogen) atoms. The summed E-state index contributed by atoms with van der Waals surface area (Å²) in [7, 11) is 1.66. The Bertz CT molecular complexity index is 1010. The van der Waals surface area contributed by atoms with Gasteiger partial charge in [-0.1, -0.05) is 24.3 Å². The van der Waals surface area contributed by atoms with E-state index in [0.29, 0.717) is 31.7 Å². The standard InChI is InChI=1S/C23H23N3O3/c1-29-20-7-3-2-6-19(20)18-5-4-12-26(15-18)22(28)11-8-16-13-17-9-10-21(27)25-23(17)24-14-16/h2-3,5-8,11,13-14H,4,9-10,12,15H2,1H3,(H,24,25,27). The lowest BCUT2D eigenvalue weighted by atomic mass is 10.00. The first-order chi connectivity index (χ1) is 14.1. The lowest BCUT2D eigenvalue weighted by Crippen LogP contribution is -2.34. The topological polar surface area (TPSA) is 71.5 Å². The molecule has 0 bridgehead atoms. The molecular formula is C23H23N3O3. The molecule has 0 fully saturated rings. The average Bonchev–Trinajstić information content (AvgIpc) is 2.77. The second kappa shape index (κ2) is 8.31. The number of benzene rings is 1. The Hall–Kier alpha value is -3.41. The molecular weight excluding hydrogens is 366 g/mol. The molecule has 6 nitrogen and oxygen atoms in total. The van der Waals surface area contributed by atoms with Crippen LogP contribution in [0.3, 0.4) is 0 Å². The summed E-state index contributed by atoms with van der Waals surface area (Å²) in [6.45, 7) is 1.24. The normalized spacial score (nSPS) is 16.2. The first kappa shape index (κ1) is 18.9. The van der Waals surface area contributed by atoms with Crippen molar-refractivity contribution in [2.75, 3.05) is 25.5 Å². The number of ether oxygens (including phenoxy) is 1. The monoisotopic (exact) mass is 389 g/mol. The maximum absolute atomic E-state index is 12.7. The minimum atomic E-state index is -0.0310. The number of hydrogen-bond donors (Lipinski definition) is 1. The molecule has 1 N–H and O–H groups in total. The van der Waals surface area contributed by atoms with Crippen LogP contribution < -0.4 is 10.1 Å². The first-order valence-corrected chi connectivity index (χ1v) is 9.72. The van der Waals surface area contributed by atoms with Gasteiger partial charge in [-0.15, -0.1) is 0 Å². The van der Waals surface area contributed by atoms with Gasteiger partial charge >= 0.3 is 0 Å². The number of para-hydroxylation sites is 1. The molecule has 2 aromatic rings. The zero-order valence-electron chi connectivity index (χ0n) is 16.4. The number of anilines is 1. The van der Waals surface area contributed by atoms with Crippen molar-refractivity contribution in [2.24, 2.45) is 0 Å². The number of nitrogens with one attached hydrogen (secondary N) is 1. The predicted molar refractivity (Wildman–Crippen MR) is 112 cm³/mol. The van der Waals surface area contributed by atoms with Crippen LogP contribution in [0.2, 0.25) is 0 Å². The van der Waals surface area contributed by atoms with Crippen LogP contribution in [0, 0.1) is 0 Å². The van der Waals surface area contributed by atoms with Gasteiger partial charge < -0.3 is 15.0 Å². The van der Waals surface area contributed by atoms with Crippen molar-refractivity contribution in [3.05, 3.63) is 65.4 Å². The molecule has 6 heteroatoms. The summed E-state index contributed by atoms with van der Waals surface area (Å²) in [5, 5.41) is 2.77. The van der Waals surface area contributed by atoms with E-state index in [2.05, 4.69) is 16.4 Å². The number of aryl methyl sites for hydroxylation is 1. The van der Waals surface area contributed by atoms with E-state index in [1.54, 1.807) is 25.5 Å². The number of methoxy groups -OCH3 is 1. The van der Waals surface area contributed by atoms with Crippen LogP contribution in [0.1, 0.15) is 29.5 Å². The van der Waals surface area contributed by atoms with Gasteiger partial charge in [-0.3, -0.25) is 9.59 Å². The van der Waals surface area contributed by atoms with Crippen LogP contribution in [-0.4, -0.2) is 41.9 Å². The minimum absolute atomic E-state index is 0.00697. The van der Waals surface area contributed by atoms with Crippen molar-refractivity contribution < 1.29 is 14.3 Å². The van der Waals surface area contributed by atoms with Gasteiger partial charge in [0.05, 0.1) is 7.11 Å². The molecule has 3 heterocycles. The smallest absolute Gasteiger partial charge is 0.246 e. The number of fused-ring (bicyclic) bond motifs is 1. The highest BCUT2D eigenvalue weighted by Gasteiger charge is 2.19. The van der Waals surface area contributed by atoms with Crippen LogP contribution in [0.25, 0.3) is 11.6 Å². The third-order valence-corrected chi connectivity index (χ3v) is 5.20. The van der Waals surface area contributed by atoms with Crippen molar-refractivity contribution >= 4 is 29.3 Å². The van der Waals surface area contributed by atoms with Gasteiger partial charge in [0.25, 0.3) is 0 Å². The lowest BCUT2D eigenvalue weighted by molar-refractivity contribution is -0.125. The molecule has 4 rings (SSSR count). The first-order valence-electron chi connectivity index (χ1n) is 9.72. The fourth-order valence-electron chi connectivity index (χ4n) is 3.68. The van der Waals surface area contributed by atoms with Gasteiger partial charge in [0.15, 0.2) is 0 Å². The fourth-order valence-corrected chi connectivity index (χ4v) is 3.68. The lowest BCUT2D eigenvalue weighted by Gasteiger charge is -2.27. The molecule has 1 aromatic heterocycles. The third kappa shape index (κ3) is 4.21. The van der Waals surface area contributed by atoms with E-state index in [0.717, 1.165) is 34.4 Å². The summed E-state index contributed by atoms with van der Waals surface area (Å²) in [4.78, 5) is 30.3. The number of aromatic nitrogens is 1. The highest BCUT2D eigenvalue weighted by Crippen LogP contribution is 2.29. The van der Waals surface area contributed by atoms with E-state index in [1.807, 2.05) is 35.2 Å². The quantitative estimate of drug-likeness (QED) is 0.815. The van der Waals surface area contributed by atoms with Gasteiger partial charge in [-0.05, 0) is 47.8 Å². The number of carbonyl (C=O) groups is 2. The number of amides is 2. The maximum Gasteiger partial charge on any atom is 0.246 e. The molecule has 2 amide bonds. The summed E-state index contributed by atoms with van der Waals surface area (Å²) in [6, 6.07) is 9.84. The Morgan fingerprint density at radius 3 is 3.00 bits per heavy atom. The Balaban J connectivity index is 1.45. The highest BCUT2D eigenvalue weighted by molar-refractivity contribution is 5.94. The SMILES string of the molecule is COc1ccccc1C1=CCCN(C(=O)C=Cc2cnc3c(c2)CCC(=O)N3)C1. The summed E-state index contributed by atoms with van der Waals surface area (Å²) >= 11 is 0. The molecule has 2 aliphatic rings. The third-order valence-electron chi connectivity index (χ3n) is 5.20. The molecule has 1 aromatic carbocycles. The van der Waals surface area contributed by atoms with E-state index >= 15 is 0 Å². The van der Waals surface area contributed by atoms with Crippen LogP contribution in [0.4, 0.5) is 5.82 Å². The second-order valence-electron chi connectivity index (χ2n) is 7.14. The molecule has 0 atom stereocenters. The molecule has 0 radical (unpaired) electrons. The number of carbonyl (C=O) groups excluding carboxylic acids is 2. The van der Waals surface area contributed by atoms with E-state index < -0.39 is 0 Å². The van der Waals surface area contributed by atoms with Gasteiger partial charge in [0.1, 0.15) is 11.6 Å². The number of rotatable bonds is 4.